The fourth-order valence-corrected chi connectivity index (χ4v) is 3.82. The van der Waals surface area contributed by atoms with Crippen LogP contribution in [0.1, 0.15) is 31.4 Å². The first kappa shape index (κ1) is 14.7. The van der Waals surface area contributed by atoms with Crippen LogP contribution in [0.15, 0.2) is 6.20 Å². The van der Waals surface area contributed by atoms with E-state index in [4.69, 9.17) is 0 Å². The molecule has 1 aromatic heterocycles. The van der Waals surface area contributed by atoms with Crippen molar-refractivity contribution in [1.82, 2.24) is 14.9 Å². The lowest BCUT2D eigenvalue weighted by atomic mass is 9.95. The maximum Gasteiger partial charge on any atom is 0.204 e. The summed E-state index contributed by atoms with van der Waals surface area (Å²) in [6, 6.07) is 0.654. The average molecular weight is 282 g/mol. The monoisotopic (exact) mass is 282 g/mol. The molecular weight excluding hydrogens is 256 g/mol. The number of imidazole rings is 1. The van der Waals surface area contributed by atoms with Crippen LogP contribution < -0.4 is 10.2 Å². The molecule has 2 rings (SSSR count). The van der Waals surface area contributed by atoms with E-state index in [2.05, 4.69) is 33.1 Å². The molecule has 0 radical (unpaired) electrons. The molecule has 0 amide bonds. The first-order chi connectivity index (χ1) is 9.13. The molecule has 1 aliphatic rings. The van der Waals surface area contributed by atoms with Gasteiger partial charge in [0.1, 0.15) is 0 Å². The van der Waals surface area contributed by atoms with Gasteiger partial charge in [-0.2, -0.15) is 11.8 Å². The Bertz CT molecular complexity index is 402. The van der Waals surface area contributed by atoms with E-state index < -0.39 is 0 Å². The minimum absolute atomic E-state index is 0.654. The van der Waals surface area contributed by atoms with Gasteiger partial charge in [0.15, 0.2) is 0 Å². The number of hydrogen-bond acceptors (Lipinski definition) is 4. The lowest BCUT2D eigenvalue weighted by molar-refractivity contribution is 0.380. The minimum Gasteiger partial charge on any atom is -0.348 e. The van der Waals surface area contributed by atoms with Crippen LogP contribution in [0.3, 0.4) is 0 Å². The highest BCUT2D eigenvalue weighted by atomic mass is 32.2. The van der Waals surface area contributed by atoms with Gasteiger partial charge in [-0.1, -0.05) is 12.8 Å². The Kier molecular flexibility index (Phi) is 5.16. The topological polar surface area (TPSA) is 33.1 Å². The molecule has 1 aromatic rings. The molecule has 1 saturated carbocycles. The highest BCUT2D eigenvalue weighted by Crippen LogP contribution is 2.27. The van der Waals surface area contributed by atoms with Crippen LogP contribution >= 0.6 is 11.8 Å². The van der Waals surface area contributed by atoms with Crippen LogP contribution in [0.25, 0.3) is 0 Å². The van der Waals surface area contributed by atoms with Crippen molar-refractivity contribution in [2.75, 3.05) is 25.3 Å². The lowest BCUT2D eigenvalue weighted by Gasteiger charge is -2.31. The second-order valence-corrected chi connectivity index (χ2v) is 6.63. The zero-order chi connectivity index (χ0) is 13.8. The average Bonchev–Trinajstić information content (AvgIpc) is 2.78. The van der Waals surface area contributed by atoms with Crippen molar-refractivity contribution in [3.8, 4) is 0 Å². The maximum absolute atomic E-state index is 4.46. The fourth-order valence-electron chi connectivity index (χ4n) is 2.86. The third-order valence-electron chi connectivity index (χ3n) is 4.01. The third kappa shape index (κ3) is 3.45. The van der Waals surface area contributed by atoms with Crippen LogP contribution in [-0.2, 0) is 13.6 Å². The van der Waals surface area contributed by atoms with Gasteiger partial charge in [0.25, 0.3) is 0 Å². The number of rotatable bonds is 5. The number of nitrogens with one attached hydrogen (secondary N) is 1. The van der Waals surface area contributed by atoms with Crippen molar-refractivity contribution in [3.05, 3.63) is 11.9 Å². The van der Waals surface area contributed by atoms with Crippen molar-refractivity contribution in [3.63, 3.8) is 0 Å². The van der Waals surface area contributed by atoms with Crippen LogP contribution in [0.5, 0.6) is 0 Å². The summed E-state index contributed by atoms with van der Waals surface area (Å²) in [5.41, 5.74) is 1.26. The van der Waals surface area contributed by atoms with Crippen molar-refractivity contribution < 1.29 is 0 Å². The Labute approximate surface area is 121 Å². The van der Waals surface area contributed by atoms with E-state index in [0.29, 0.717) is 6.04 Å². The largest absolute Gasteiger partial charge is 0.348 e. The zero-order valence-corrected chi connectivity index (χ0v) is 13.3. The first-order valence-corrected chi connectivity index (χ1v) is 8.36. The summed E-state index contributed by atoms with van der Waals surface area (Å²) in [5.74, 6) is 1.02. The number of nitrogens with zero attached hydrogens (tertiary/aromatic N) is 3. The summed E-state index contributed by atoms with van der Waals surface area (Å²) in [6.45, 7) is 0.916. The van der Waals surface area contributed by atoms with Gasteiger partial charge in [0, 0.05) is 39.0 Å². The number of hydrogen-bond donors (Lipinski definition) is 1. The molecule has 1 fully saturated rings. The number of aromatic nitrogens is 2. The molecule has 1 N–H and O–H groups in total. The van der Waals surface area contributed by atoms with Crippen LogP contribution in [0, 0.1) is 0 Å². The van der Waals surface area contributed by atoms with E-state index in [0.717, 1.165) is 17.7 Å². The van der Waals surface area contributed by atoms with Gasteiger partial charge >= 0.3 is 0 Å². The van der Waals surface area contributed by atoms with E-state index in [9.17, 15) is 0 Å². The van der Waals surface area contributed by atoms with Crippen LogP contribution in [-0.4, -0.2) is 41.2 Å². The standard InChI is InChI=1S/C14H26N4S/c1-17(2)14-16-10-11(18(14)3)9-15-12-7-5-6-8-13(12)19-4/h10,12-13,15H,5-9H2,1-4H3. The second kappa shape index (κ2) is 6.66. The Morgan fingerprint density at radius 1 is 1.42 bits per heavy atom. The Hall–Kier alpha value is -0.680. The van der Waals surface area contributed by atoms with E-state index in [-0.39, 0.29) is 0 Å². The lowest BCUT2D eigenvalue weighted by Crippen LogP contribution is -2.40. The molecule has 19 heavy (non-hydrogen) atoms. The van der Waals surface area contributed by atoms with Gasteiger partial charge in [0.2, 0.25) is 5.95 Å². The third-order valence-corrected chi connectivity index (χ3v) is 5.18. The Morgan fingerprint density at radius 3 is 2.79 bits per heavy atom. The molecule has 0 bridgehead atoms. The summed E-state index contributed by atoms with van der Waals surface area (Å²) >= 11 is 2.01. The van der Waals surface area contributed by atoms with Crippen molar-refractivity contribution in [2.45, 2.75) is 43.5 Å². The molecule has 1 aliphatic carbocycles. The highest BCUT2D eigenvalue weighted by molar-refractivity contribution is 7.99. The predicted octanol–water partition coefficient (Wildman–Crippen LogP) is 2.25. The van der Waals surface area contributed by atoms with Crippen molar-refractivity contribution in [1.29, 1.82) is 0 Å². The predicted molar refractivity (Wildman–Crippen MR) is 83.9 cm³/mol. The van der Waals surface area contributed by atoms with Crippen molar-refractivity contribution >= 4 is 17.7 Å². The van der Waals surface area contributed by atoms with E-state index >= 15 is 0 Å². The molecule has 108 valence electrons. The fraction of sp³-hybridized carbons (Fsp3) is 0.786. The molecule has 4 nitrogen and oxygen atoms in total. The molecule has 0 aromatic carbocycles. The van der Waals surface area contributed by atoms with Gasteiger partial charge in [0.05, 0.1) is 11.9 Å². The normalized spacial score (nSPS) is 23.6. The first-order valence-electron chi connectivity index (χ1n) is 7.07. The molecular formula is C14H26N4S. The zero-order valence-electron chi connectivity index (χ0n) is 12.5. The molecule has 1 heterocycles. The van der Waals surface area contributed by atoms with Gasteiger partial charge < -0.3 is 14.8 Å². The summed E-state index contributed by atoms with van der Waals surface area (Å²) in [5, 5.41) is 4.51. The summed E-state index contributed by atoms with van der Waals surface area (Å²) in [4.78, 5) is 6.51. The van der Waals surface area contributed by atoms with Crippen LogP contribution in [0.2, 0.25) is 0 Å². The Morgan fingerprint density at radius 2 is 2.16 bits per heavy atom. The quantitative estimate of drug-likeness (QED) is 0.898. The van der Waals surface area contributed by atoms with Gasteiger partial charge in [-0.25, -0.2) is 4.98 Å². The molecule has 0 aliphatic heterocycles. The molecule has 0 spiro atoms. The number of anilines is 1. The molecule has 5 heteroatoms. The highest BCUT2D eigenvalue weighted by Gasteiger charge is 2.24. The SMILES string of the molecule is CSC1CCCCC1NCc1cnc(N(C)C)n1C. The van der Waals surface area contributed by atoms with E-state index in [1.807, 2.05) is 32.1 Å². The smallest absolute Gasteiger partial charge is 0.204 e. The molecule has 0 saturated heterocycles. The van der Waals surface area contributed by atoms with E-state index in [1.165, 1.54) is 31.4 Å². The summed E-state index contributed by atoms with van der Waals surface area (Å²) in [6.07, 6.45) is 9.64. The van der Waals surface area contributed by atoms with Gasteiger partial charge in [-0.05, 0) is 19.1 Å². The van der Waals surface area contributed by atoms with Gasteiger partial charge in [-0.3, -0.25) is 0 Å². The minimum atomic E-state index is 0.654. The maximum atomic E-state index is 4.46. The molecule has 2 unspecified atom stereocenters. The van der Waals surface area contributed by atoms with E-state index in [1.54, 1.807) is 0 Å². The second-order valence-electron chi connectivity index (χ2n) is 5.55. The summed E-state index contributed by atoms with van der Waals surface area (Å²) < 4.78 is 2.17. The van der Waals surface area contributed by atoms with Crippen molar-refractivity contribution in [2.24, 2.45) is 7.05 Å². The number of thioether (sulfide) groups is 1. The van der Waals surface area contributed by atoms with Crippen LogP contribution in [0.4, 0.5) is 5.95 Å². The Balaban J connectivity index is 1.94. The summed E-state index contributed by atoms with van der Waals surface area (Å²) in [7, 11) is 6.15. The van der Waals surface area contributed by atoms with Gasteiger partial charge in [-0.15, -0.1) is 0 Å². The molecule has 2 atom stereocenters.